The molecule has 0 spiro atoms. The summed E-state index contributed by atoms with van der Waals surface area (Å²) in [5.74, 6) is 0.735. The summed E-state index contributed by atoms with van der Waals surface area (Å²) < 4.78 is 28.3. The molecule has 0 amide bonds. The Morgan fingerprint density at radius 1 is 1.21 bits per heavy atom. The topological polar surface area (TPSA) is 88.1 Å². The number of anilines is 2. The summed E-state index contributed by atoms with van der Waals surface area (Å²) in [5.41, 5.74) is 9.17. The second-order valence-electron chi connectivity index (χ2n) is 6.73. The number of nitrogen functional groups attached to an aromatic ring is 1. The number of nitrogens with one attached hydrogen (secondary N) is 1. The van der Waals surface area contributed by atoms with E-state index in [1.807, 2.05) is 6.07 Å². The molecule has 0 bridgehead atoms. The lowest BCUT2D eigenvalue weighted by Crippen LogP contribution is -2.37. The highest BCUT2D eigenvalue weighted by molar-refractivity contribution is 5.59. The van der Waals surface area contributed by atoms with E-state index in [-0.39, 0.29) is 11.6 Å². The van der Waals surface area contributed by atoms with Crippen LogP contribution in [0.4, 0.5) is 20.3 Å². The van der Waals surface area contributed by atoms with Gasteiger partial charge in [-0.2, -0.15) is 5.10 Å². The fraction of sp³-hybridized carbons (Fsp3) is 0.211. The highest BCUT2D eigenvalue weighted by atomic mass is 19.3. The number of hydrogen-bond acceptors (Lipinski definition) is 5. The first kappa shape index (κ1) is 16.7. The average Bonchev–Trinajstić information content (AvgIpc) is 3.34. The molecule has 142 valence electrons. The van der Waals surface area contributed by atoms with Crippen LogP contribution in [0.25, 0.3) is 5.52 Å². The van der Waals surface area contributed by atoms with E-state index >= 15 is 0 Å². The number of hydrogen-bond donors (Lipinski definition) is 2. The molecule has 28 heavy (non-hydrogen) atoms. The van der Waals surface area contributed by atoms with Gasteiger partial charge in [-0.3, -0.25) is 0 Å². The summed E-state index contributed by atoms with van der Waals surface area (Å²) >= 11 is 0. The molecule has 0 saturated carbocycles. The van der Waals surface area contributed by atoms with E-state index in [9.17, 15) is 8.78 Å². The Hall–Kier alpha value is -3.49. The largest absolute Gasteiger partial charge is 0.397 e. The molecule has 7 nitrogen and oxygen atoms in total. The number of rotatable bonds is 3. The van der Waals surface area contributed by atoms with Gasteiger partial charge in [-0.25, -0.2) is 23.3 Å². The van der Waals surface area contributed by atoms with Gasteiger partial charge in [0.15, 0.2) is 0 Å². The molecule has 9 heteroatoms. The third kappa shape index (κ3) is 2.58. The predicted molar refractivity (Wildman–Crippen MR) is 100 cm³/mol. The Balaban J connectivity index is 1.67. The summed E-state index contributed by atoms with van der Waals surface area (Å²) in [5, 5.41) is 4.59. The number of aromatic amines is 1. The van der Waals surface area contributed by atoms with Crippen molar-refractivity contribution in [3.63, 3.8) is 0 Å². The first-order valence-corrected chi connectivity index (χ1v) is 8.88. The van der Waals surface area contributed by atoms with Crippen LogP contribution in [0.15, 0.2) is 49.1 Å². The van der Waals surface area contributed by atoms with Crippen LogP contribution in [0, 0.1) is 0 Å². The van der Waals surface area contributed by atoms with E-state index in [4.69, 9.17) is 5.73 Å². The van der Waals surface area contributed by atoms with Crippen molar-refractivity contribution < 1.29 is 8.78 Å². The fourth-order valence-electron chi connectivity index (χ4n) is 3.76. The zero-order chi connectivity index (χ0) is 19.3. The van der Waals surface area contributed by atoms with Crippen LogP contribution in [-0.4, -0.2) is 31.1 Å². The molecule has 1 atom stereocenters. The second kappa shape index (κ2) is 6.29. The SMILES string of the molecule is Nc1ccc(N2CCc3[nH]cnc3C2c2cc3c(C(F)F)cccn3n2)nc1. The molecule has 0 radical (unpaired) electrons. The van der Waals surface area contributed by atoms with Crippen LogP contribution >= 0.6 is 0 Å². The molecule has 4 aromatic heterocycles. The predicted octanol–water partition coefficient (Wildman–Crippen LogP) is 3.12. The number of H-pyrrole nitrogens is 1. The molecule has 5 heterocycles. The van der Waals surface area contributed by atoms with Gasteiger partial charge in [0.25, 0.3) is 6.43 Å². The quantitative estimate of drug-likeness (QED) is 0.569. The summed E-state index contributed by atoms with van der Waals surface area (Å²) in [7, 11) is 0. The molecule has 4 aromatic rings. The Kier molecular flexibility index (Phi) is 3.75. The molecular weight excluding hydrogens is 364 g/mol. The number of imidazole rings is 1. The Morgan fingerprint density at radius 3 is 2.89 bits per heavy atom. The lowest BCUT2D eigenvalue weighted by atomic mass is 9.99. The number of alkyl halides is 2. The van der Waals surface area contributed by atoms with Crippen molar-refractivity contribution in [2.45, 2.75) is 18.9 Å². The molecule has 0 fully saturated rings. The van der Waals surface area contributed by atoms with Crippen LogP contribution in [0.1, 0.15) is 35.1 Å². The number of halogens is 2. The number of nitrogens with two attached hydrogens (primary N) is 1. The van der Waals surface area contributed by atoms with E-state index in [2.05, 4.69) is 25.0 Å². The fourth-order valence-corrected chi connectivity index (χ4v) is 3.76. The van der Waals surface area contributed by atoms with Gasteiger partial charge < -0.3 is 15.6 Å². The van der Waals surface area contributed by atoms with Crippen molar-refractivity contribution in [2.75, 3.05) is 17.2 Å². The maximum atomic E-state index is 13.4. The zero-order valence-corrected chi connectivity index (χ0v) is 14.8. The number of nitrogens with zero attached hydrogens (tertiary/aromatic N) is 5. The average molecular weight is 381 g/mol. The van der Waals surface area contributed by atoms with E-state index in [0.717, 1.165) is 23.6 Å². The minimum atomic E-state index is -2.57. The van der Waals surface area contributed by atoms with Gasteiger partial charge in [0.2, 0.25) is 0 Å². The normalized spacial score (nSPS) is 16.7. The van der Waals surface area contributed by atoms with Gasteiger partial charge in [-0.15, -0.1) is 0 Å². The van der Waals surface area contributed by atoms with E-state index in [1.54, 1.807) is 36.9 Å². The monoisotopic (exact) mass is 381 g/mol. The van der Waals surface area contributed by atoms with E-state index in [1.165, 1.54) is 10.6 Å². The number of fused-ring (bicyclic) bond motifs is 2. The molecule has 0 aliphatic carbocycles. The summed E-state index contributed by atoms with van der Waals surface area (Å²) in [4.78, 5) is 14.2. The first-order chi connectivity index (χ1) is 13.6. The Morgan fingerprint density at radius 2 is 2.11 bits per heavy atom. The van der Waals surface area contributed by atoms with Crippen molar-refractivity contribution in [3.8, 4) is 0 Å². The van der Waals surface area contributed by atoms with Crippen molar-refractivity contribution >= 4 is 17.0 Å². The third-order valence-corrected chi connectivity index (χ3v) is 5.06. The maximum Gasteiger partial charge on any atom is 0.265 e. The maximum absolute atomic E-state index is 13.4. The van der Waals surface area contributed by atoms with Crippen LogP contribution in [0.5, 0.6) is 0 Å². The number of aromatic nitrogens is 5. The van der Waals surface area contributed by atoms with Crippen LogP contribution in [0.3, 0.4) is 0 Å². The zero-order valence-electron chi connectivity index (χ0n) is 14.8. The van der Waals surface area contributed by atoms with Crippen molar-refractivity contribution in [1.82, 2.24) is 24.6 Å². The summed E-state index contributed by atoms with van der Waals surface area (Å²) in [6.45, 7) is 0.687. The van der Waals surface area contributed by atoms with Crippen molar-refractivity contribution in [1.29, 1.82) is 0 Å². The van der Waals surface area contributed by atoms with Crippen molar-refractivity contribution in [3.05, 3.63) is 71.7 Å². The van der Waals surface area contributed by atoms with Gasteiger partial charge in [0.05, 0.1) is 35.1 Å². The molecular formula is C19H17F2N7. The lowest BCUT2D eigenvalue weighted by Gasteiger charge is -2.34. The van der Waals surface area contributed by atoms with Crippen molar-refractivity contribution in [2.24, 2.45) is 0 Å². The molecule has 1 unspecified atom stereocenters. The van der Waals surface area contributed by atoms with E-state index < -0.39 is 6.43 Å². The van der Waals surface area contributed by atoms with Gasteiger partial charge in [-0.05, 0) is 30.3 Å². The Labute approximate surface area is 158 Å². The molecule has 5 rings (SSSR count). The lowest BCUT2D eigenvalue weighted by molar-refractivity contribution is 0.152. The van der Waals surface area contributed by atoms with Gasteiger partial charge in [0, 0.05) is 30.4 Å². The van der Waals surface area contributed by atoms with Crippen LogP contribution in [-0.2, 0) is 6.42 Å². The smallest absolute Gasteiger partial charge is 0.265 e. The molecule has 0 aromatic carbocycles. The molecule has 1 aliphatic heterocycles. The molecule has 3 N–H and O–H groups in total. The standard InChI is InChI=1S/C19H17F2N7/c20-19(21)12-2-1-6-28-15(12)8-14(26-28)18-17-13(24-10-25-17)5-7-27(18)16-4-3-11(22)9-23-16/h1-4,6,8-10,18-19H,5,7,22H2,(H,24,25). The molecule has 0 saturated heterocycles. The second-order valence-corrected chi connectivity index (χ2v) is 6.73. The first-order valence-electron chi connectivity index (χ1n) is 8.88. The number of pyridine rings is 2. The summed E-state index contributed by atoms with van der Waals surface area (Å²) in [6.07, 6.45) is 3.12. The minimum absolute atomic E-state index is 0.0449. The van der Waals surface area contributed by atoms with E-state index in [0.29, 0.717) is 23.4 Å². The highest BCUT2D eigenvalue weighted by Crippen LogP contribution is 2.36. The highest BCUT2D eigenvalue weighted by Gasteiger charge is 2.34. The van der Waals surface area contributed by atoms with Gasteiger partial charge in [0.1, 0.15) is 11.9 Å². The van der Waals surface area contributed by atoms with Gasteiger partial charge in [-0.1, -0.05) is 0 Å². The summed E-state index contributed by atoms with van der Waals surface area (Å²) in [6, 6.07) is 8.01. The third-order valence-electron chi connectivity index (χ3n) is 5.06. The van der Waals surface area contributed by atoms with Crippen LogP contribution in [0.2, 0.25) is 0 Å². The van der Waals surface area contributed by atoms with Crippen LogP contribution < -0.4 is 10.6 Å². The minimum Gasteiger partial charge on any atom is -0.397 e. The Bertz CT molecular complexity index is 1130. The molecule has 1 aliphatic rings. The van der Waals surface area contributed by atoms with Gasteiger partial charge >= 0.3 is 0 Å².